The molecule has 1 saturated heterocycles. The maximum atomic E-state index is 14.1. The van der Waals surface area contributed by atoms with E-state index in [9.17, 15) is 18.3 Å². The molecule has 12 heteroatoms. The number of aliphatic hydroxyl groups is 1. The van der Waals surface area contributed by atoms with Crippen molar-refractivity contribution in [3.8, 4) is 11.5 Å². The Morgan fingerprint density at radius 3 is 2.62 bits per heavy atom. The van der Waals surface area contributed by atoms with Crippen LogP contribution in [0.3, 0.4) is 0 Å². The van der Waals surface area contributed by atoms with Gasteiger partial charge >= 0.3 is 6.09 Å². The van der Waals surface area contributed by atoms with Crippen LogP contribution in [0.5, 0.6) is 11.5 Å². The molecule has 4 atom stereocenters. The highest BCUT2D eigenvalue weighted by molar-refractivity contribution is 7.92. The topological polar surface area (TPSA) is 132 Å². The SMILES string of the molecule is CC(C)(CCCCCl)C(NC[C@@H](O)[C@H](Cc1ccccc1)NC(=O)O[C@H]1CCOC1)S(=O)(=O)c1ccc2c(c1)OCO2. The third-order valence-corrected chi connectivity index (χ3v) is 10.2. The van der Waals surface area contributed by atoms with E-state index in [4.69, 9.17) is 30.5 Å². The average molecular weight is 625 g/mol. The van der Waals surface area contributed by atoms with E-state index in [0.717, 1.165) is 18.4 Å². The molecule has 3 N–H and O–H groups in total. The number of hydrogen-bond acceptors (Lipinski definition) is 9. The Hall–Kier alpha value is -2.57. The third-order valence-electron chi connectivity index (χ3n) is 7.64. The quantitative estimate of drug-likeness (QED) is 0.198. The predicted molar refractivity (Wildman–Crippen MR) is 159 cm³/mol. The van der Waals surface area contributed by atoms with Crippen molar-refractivity contribution in [3.05, 3.63) is 54.1 Å². The van der Waals surface area contributed by atoms with E-state index in [1.807, 2.05) is 44.2 Å². The number of unbranched alkanes of at least 4 members (excludes halogenated alkanes) is 1. The molecular formula is C30H41ClN2O8S. The van der Waals surface area contributed by atoms with E-state index in [1.54, 1.807) is 6.07 Å². The lowest BCUT2D eigenvalue weighted by molar-refractivity contribution is 0.0679. The number of carbonyl (C=O) groups excluding carboxylic acids is 1. The van der Waals surface area contributed by atoms with Gasteiger partial charge in [0.05, 0.1) is 30.3 Å². The molecular weight excluding hydrogens is 584 g/mol. The van der Waals surface area contributed by atoms with Crippen LogP contribution in [0.1, 0.15) is 45.1 Å². The molecule has 2 aromatic rings. The Kier molecular flexibility index (Phi) is 11.4. The predicted octanol–water partition coefficient (Wildman–Crippen LogP) is 4.03. The molecule has 1 unspecified atom stereocenters. The largest absolute Gasteiger partial charge is 0.454 e. The van der Waals surface area contributed by atoms with Crippen LogP contribution in [0.2, 0.25) is 0 Å². The van der Waals surface area contributed by atoms with E-state index in [0.29, 0.717) is 49.9 Å². The molecule has 0 radical (unpaired) electrons. The van der Waals surface area contributed by atoms with Crippen molar-refractivity contribution in [2.24, 2.45) is 5.41 Å². The first-order chi connectivity index (χ1) is 20.1. The number of benzene rings is 2. The second-order valence-corrected chi connectivity index (χ2v) is 13.8. The Morgan fingerprint density at radius 2 is 1.90 bits per heavy atom. The molecule has 2 aliphatic rings. The summed E-state index contributed by atoms with van der Waals surface area (Å²) in [4.78, 5) is 12.8. The summed E-state index contributed by atoms with van der Waals surface area (Å²) in [5, 5.41) is 16.3. The zero-order valence-electron chi connectivity index (χ0n) is 24.1. The van der Waals surface area contributed by atoms with Crippen molar-refractivity contribution in [2.45, 2.75) is 74.5 Å². The summed E-state index contributed by atoms with van der Waals surface area (Å²) >= 11 is 5.90. The molecule has 10 nitrogen and oxygen atoms in total. The summed E-state index contributed by atoms with van der Waals surface area (Å²) in [6.45, 7) is 4.56. The standard InChI is InChI=1S/C30H41ClN2O8S/c1-30(2,13-6-7-14-31)28(42(36,37)23-10-11-26-27(17-23)40-20-39-26)32-18-25(34)24(16-21-8-4-3-5-9-21)33-29(35)41-22-12-15-38-19-22/h3-5,8-11,17,22,24-25,28,32,34H,6-7,12-16,18-20H2,1-2H3,(H,33,35)/t22-,24-,25+,28?/m0/s1. The zero-order chi connectivity index (χ0) is 30.2. The molecule has 2 aliphatic heterocycles. The maximum Gasteiger partial charge on any atom is 0.407 e. The lowest BCUT2D eigenvalue weighted by Crippen LogP contribution is -2.54. The number of sulfone groups is 1. The molecule has 1 fully saturated rings. The number of rotatable bonds is 15. The normalized spacial score (nSPS) is 18.8. The first-order valence-corrected chi connectivity index (χ1v) is 16.4. The highest BCUT2D eigenvalue weighted by Crippen LogP contribution is 2.38. The van der Waals surface area contributed by atoms with Gasteiger partial charge in [-0.3, -0.25) is 5.32 Å². The van der Waals surface area contributed by atoms with Gasteiger partial charge in [0, 0.05) is 24.9 Å². The minimum Gasteiger partial charge on any atom is -0.454 e. The fourth-order valence-corrected chi connectivity index (χ4v) is 7.53. The van der Waals surface area contributed by atoms with Gasteiger partial charge in [0.2, 0.25) is 6.79 Å². The number of amides is 1. The van der Waals surface area contributed by atoms with Crippen molar-refractivity contribution in [2.75, 3.05) is 32.4 Å². The molecule has 2 aromatic carbocycles. The number of nitrogens with one attached hydrogen (secondary N) is 2. The van der Waals surface area contributed by atoms with Crippen LogP contribution in [-0.2, 0) is 25.7 Å². The molecule has 0 aliphatic carbocycles. The summed E-state index contributed by atoms with van der Waals surface area (Å²) in [5.74, 6) is 1.34. The van der Waals surface area contributed by atoms with Gasteiger partial charge in [-0.25, -0.2) is 13.2 Å². The number of hydrogen-bond donors (Lipinski definition) is 3. The van der Waals surface area contributed by atoms with Gasteiger partial charge in [-0.15, -0.1) is 11.6 Å². The molecule has 0 bridgehead atoms. The summed E-state index contributed by atoms with van der Waals surface area (Å²) in [6, 6.07) is 13.3. The molecule has 42 heavy (non-hydrogen) atoms. The van der Waals surface area contributed by atoms with Crippen LogP contribution in [0.4, 0.5) is 4.79 Å². The first-order valence-electron chi connectivity index (χ1n) is 14.3. The Labute approximate surface area is 252 Å². The molecule has 0 aromatic heterocycles. The van der Waals surface area contributed by atoms with Gasteiger partial charge in [-0.05, 0) is 42.4 Å². The Balaban J connectivity index is 1.53. The number of carbonyl (C=O) groups is 1. The van der Waals surface area contributed by atoms with Crippen LogP contribution in [0.15, 0.2) is 53.4 Å². The maximum absolute atomic E-state index is 14.1. The summed E-state index contributed by atoms with van der Waals surface area (Å²) < 4.78 is 49.7. The average Bonchev–Trinajstić information content (AvgIpc) is 3.65. The lowest BCUT2D eigenvalue weighted by atomic mass is 9.86. The second-order valence-electron chi connectivity index (χ2n) is 11.4. The van der Waals surface area contributed by atoms with Crippen LogP contribution in [0, 0.1) is 5.41 Å². The zero-order valence-corrected chi connectivity index (χ0v) is 25.7. The summed E-state index contributed by atoms with van der Waals surface area (Å²) in [6.07, 6.45) is 0.866. The van der Waals surface area contributed by atoms with Gasteiger partial charge in [0.25, 0.3) is 0 Å². The monoisotopic (exact) mass is 624 g/mol. The van der Waals surface area contributed by atoms with E-state index >= 15 is 0 Å². The van der Waals surface area contributed by atoms with Crippen LogP contribution >= 0.6 is 11.6 Å². The number of fused-ring (bicyclic) bond motifs is 1. The number of aliphatic hydroxyl groups excluding tert-OH is 1. The molecule has 0 saturated carbocycles. The number of alkyl carbamates (subject to hydrolysis) is 1. The van der Waals surface area contributed by atoms with Gasteiger partial charge < -0.3 is 29.4 Å². The van der Waals surface area contributed by atoms with Crippen molar-refractivity contribution < 1.29 is 37.3 Å². The number of alkyl halides is 1. The van der Waals surface area contributed by atoms with Crippen LogP contribution in [0.25, 0.3) is 0 Å². The smallest absolute Gasteiger partial charge is 0.407 e. The minimum atomic E-state index is -3.95. The fraction of sp³-hybridized carbons (Fsp3) is 0.567. The molecule has 0 spiro atoms. The van der Waals surface area contributed by atoms with Crippen molar-refractivity contribution >= 4 is 27.5 Å². The minimum absolute atomic E-state index is 0.0304. The number of halogens is 1. The van der Waals surface area contributed by atoms with Crippen molar-refractivity contribution in [3.63, 3.8) is 0 Å². The molecule has 2 heterocycles. The van der Waals surface area contributed by atoms with Gasteiger partial charge in [-0.1, -0.05) is 50.6 Å². The van der Waals surface area contributed by atoms with Crippen LogP contribution < -0.4 is 20.1 Å². The van der Waals surface area contributed by atoms with Crippen molar-refractivity contribution in [1.29, 1.82) is 0 Å². The number of ether oxygens (including phenoxy) is 4. The molecule has 232 valence electrons. The highest BCUT2D eigenvalue weighted by atomic mass is 35.5. The fourth-order valence-electron chi connectivity index (χ4n) is 5.27. The van der Waals surface area contributed by atoms with Gasteiger partial charge in [0.15, 0.2) is 21.3 Å². The van der Waals surface area contributed by atoms with E-state index < -0.39 is 38.9 Å². The van der Waals surface area contributed by atoms with Crippen LogP contribution in [-0.4, -0.2) is 75.7 Å². The Morgan fingerprint density at radius 1 is 1.14 bits per heavy atom. The summed E-state index contributed by atoms with van der Waals surface area (Å²) in [5.41, 5.74) is 0.169. The lowest BCUT2D eigenvalue weighted by Gasteiger charge is -2.36. The first kappa shape index (κ1) is 32.3. The highest BCUT2D eigenvalue weighted by Gasteiger charge is 2.41. The Bertz CT molecular complexity index is 1270. The van der Waals surface area contributed by atoms with Crippen molar-refractivity contribution in [1.82, 2.24) is 10.6 Å². The third kappa shape index (κ3) is 8.50. The van der Waals surface area contributed by atoms with Gasteiger partial charge in [-0.2, -0.15) is 0 Å². The molecule has 1 amide bonds. The summed E-state index contributed by atoms with van der Waals surface area (Å²) in [7, 11) is -3.95. The van der Waals surface area contributed by atoms with E-state index in [-0.39, 0.29) is 24.3 Å². The van der Waals surface area contributed by atoms with E-state index in [2.05, 4.69) is 10.6 Å². The second kappa shape index (κ2) is 14.7. The molecule has 4 rings (SSSR count). The van der Waals surface area contributed by atoms with E-state index in [1.165, 1.54) is 12.1 Å². The van der Waals surface area contributed by atoms with Gasteiger partial charge in [0.1, 0.15) is 11.5 Å².